The molecule has 0 amide bonds. The fraction of sp³-hybridized carbons (Fsp3) is 0. The zero-order valence-electron chi connectivity index (χ0n) is 2.61. The molecular weight excluding hydrogens is 250 g/mol. The summed E-state index contributed by atoms with van der Waals surface area (Å²) in [6.07, 6.45) is 0. The average Bonchev–Trinajstić information content (AvgIpc) is 0.722. The van der Waals surface area contributed by atoms with Crippen LogP contribution in [-0.4, -0.2) is 142 Å². The Labute approximate surface area is 162 Å². The number of hydrogen-bond donors (Lipinski definition) is 3. The van der Waals surface area contributed by atoms with Crippen molar-refractivity contribution in [3.05, 3.63) is 0 Å². The van der Waals surface area contributed by atoms with Gasteiger partial charge in [-0.3, -0.25) is 0 Å². The van der Waals surface area contributed by atoms with Crippen LogP contribution in [0.3, 0.4) is 0 Å². The van der Waals surface area contributed by atoms with E-state index in [4.69, 9.17) is 19.2 Å². The molecule has 0 unspecified atom stereocenters. The molecule has 0 heterocycles. The van der Waals surface area contributed by atoms with Gasteiger partial charge < -0.3 is 14.7 Å². The molecule has 4 nitrogen and oxygen atoms in total. The summed E-state index contributed by atoms with van der Waals surface area (Å²) in [5.74, 6) is 0. The first-order valence-corrected chi connectivity index (χ1v) is 2.35. The second-order valence-corrected chi connectivity index (χ2v) is 1.54. The number of hydrogen-bond acceptors (Lipinski definition) is 1. The van der Waals surface area contributed by atoms with Gasteiger partial charge in [0.05, 0.1) is 0 Å². The van der Waals surface area contributed by atoms with Gasteiger partial charge in [0.15, 0.2) is 0 Å². The molecular formula is H9Ca2ClKO4P. The van der Waals surface area contributed by atoms with Crippen LogP contribution in [0.1, 0.15) is 0 Å². The van der Waals surface area contributed by atoms with Crippen molar-refractivity contribution in [3.63, 3.8) is 0 Å². The van der Waals surface area contributed by atoms with E-state index in [0.29, 0.717) is 0 Å². The molecule has 0 bridgehead atoms. The van der Waals surface area contributed by atoms with E-state index < -0.39 is 7.82 Å². The molecule has 0 fully saturated rings. The molecule has 0 aliphatic carbocycles. The van der Waals surface area contributed by atoms with Crippen LogP contribution in [-0.2, 0) is 4.57 Å². The van der Waals surface area contributed by atoms with Crippen molar-refractivity contribution < 1.29 is 19.2 Å². The van der Waals surface area contributed by atoms with Gasteiger partial charge in [0.2, 0.25) is 0 Å². The molecule has 9 heavy (non-hydrogen) atoms. The van der Waals surface area contributed by atoms with Crippen molar-refractivity contribution in [2.24, 2.45) is 0 Å². The molecule has 0 aromatic carbocycles. The predicted octanol–water partition coefficient (Wildman–Crippen LogP) is -2.99. The molecule has 3 N–H and O–H groups in total. The van der Waals surface area contributed by atoms with Gasteiger partial charge in [0.25, 0.3) is 0 Å². The zero-order chi connectivity index (χ0) is 4.50. The van der Waals surface area contributed by atoms with Gasteiger partial charge in [-0.1, -0.05) is 0 Å². The van der Waals surface area contributed by atoms with Gasteiger partial charge in [0.1, 0.15) is 0 Å². The first-order valence-electron chi connectivity index (χ1n) is 0.783. The maximum atomic E-state index is 8.88. The summed E-state index contributed by atoms with van der Waals surface area (Å²) in [6, 6.07) is 0. The third kappa shape index (κ3) is 67.4. The summed E-state index contributed by atoms with van der Waals surface area (Å²) in [6.45, 7) is 0. The van der Waals surface area contributed by atoms with Crippen molar-refractivity contribution in [2.75, 3.05) is 0 Å². The van der Waals surface area contributed by atoms with Gasteiger partial charge in [-0.2, -0.15) is 0 Å². The van der Waals surface area contributed by atoms with Crippen LogP contribution in [0.25, 0.3) is 0 Å². The van der Waals surface area contributed by atoms with E-state index in [1.807, 2.05) is 0 Å². The van der Waals surface area contributed by atoms with E-state index in [2.05, 4.69) is 0 Å². The van der Waals surface area contributed by atoms with E-state index in [1.54, 1.807) is 0 Å². The number of phosphoric acid groups is 1. The Balaban J connectivity index is -0.0000000133. The quantitative estimate of drug-likeness (QED) is 0.320. The second kappa shape index (κ2) is 15.0. The molecule has 50 valence electrons. The molecule has 0 saturated carbocycles. The Hall–Kier alpha value is 4.56. The van der Waals surface area contributed by atoms with Gasteiger partial charge in [0, 0.05) is 0 Å². The van der Waals surface area contributed by atoms with Gasteiger partial charge >= 0.3 is 135 Å². The topological polar surface area (TPSA) is 77.8 Å². The predicted molar refractivity (Wildman–Crippen MR) is 45.7 cm³/mol. The van der Waals surface area contributed by atoms with Crippen LogP contribution in [0.5, 0.6) is 0 Å². The average molecular weight is 259 g/mol. The van der Waals surface area contributed by atoms with Gasteiger partial charge in [-0.25, -0.2) is 4.57 Å². The Morgan fingerprint density at radius 1 is 1.00 bits per heavy atom. The molecule has 0 atom stereocenters. The normalized spacial score (nSPS) is 6.56. The van der Waals surface area contributed by atoms with Crippen molar-refractivity contribution >= 4 is 147 Å². The third-order valence-corrected chi connectivity index (χ3v) is 0. The van der Waals surface area contributed by atoms with Crippen LogP contribution in [0.2, 0.25) is 0 Å². The second-order valence-electron chi connectivity index (χ2n) is 0.513. The molecule has 0 rings (SSSR count). The molecule has 0 aromatic heterocycles. The van der Waals surface area contributed by atoms with Gasteiger partial charge in [-0.15, -0.1) is 12.4 Å². The molecule has 0 aromatic rings. The van der Waals surface area contributed by atoms with Crippen LogP contribution in [0.15, 0.2) is 0 Å². The Morgan fingerprint density at radius 3 is 1.00 bits per heavy atom. The fourth-order valence-electron chi connectivity index (χ4n) is 0. The van der Waals surface area contributed by atoms with E-state index in [-0.39, 0.29) is 139 Å². The van der Waals surface area contributed by atoms with Crippen LogP contribution >= 0.6 is 20.2 Å². The molecule has 0 aliphatic rings. The SMILES string of the molecule is Cl.O=P(O)(O)O.[CaH2].[CaH2].[KH]. The van der Waals surface area contributed by atoms with Crippen molar-refractivity contribution in [1.29, 1.82) is 0 Å². The summed E-state index contributed by atoms with van der Waals surface area (Å²) < 4.78 is 8.88. The van der Waals surface area contributed by atoms with E-state index in [1.165, 1.54) is 0 Å². The number of rotatable bonds is 0. The first-order chi connectivity index (χ1) is 2.00. The third-order valence-electron chi connectivity index (χ3n) is 0. The summed E-state index contributed by atoms with van der Waals surface area (Å²) in [5, 5.41) is 0. The molecule has 0 saturated heterocycles. The Morgan fingerprint density at radius 2 is 1.00 bits per heavy atom. The zero-order valence-corrected chi connectivity index (χ0v) is 4.32. The van der Waals surface area contributed by atoms with Crippen molar-refractivity contribution in [3.8, 4) is 0 Å². The minimum absolute atomic E-state index is 0. The summed E-state index contributed by atoms with van der Waals surface area (Å²) >= 11 is 0. The fourth-order valence-corrected chi connectivity index (χ4v) is 0. The monoisotopic (exact) mass is 258 g/mol. The van der Waals surface area contributed by atoms with Crippen LogP contribution < -0.4 is 0 Å². The van der Waals surface area contributed by atoms with E-state index in [9.17, 15) is 0 Å². The Bertz CT molecular complexity index is 64.7. The Kier molecular flexibility index (Phi) is 48.8. The summed E-state index contributed by atoms with van der Waals surface area (Å²) in [5.41, 5.74) is 0. The van der Waals surface area contributed by atoms with Crippen LogP contribution in [0, 0.1) is 0 Å². The van der Waals surface area contributed by atoms with E-state index >= 15 is 0 Å². The minimum atomic E-state index is -4.64. The summed E-state index contributed by atoms with van der Waals surface area (Å²) in [4.78, 5) is 21.6. The van der Waals surface area contributed by atoms with Crippen molar-refractivity contribution in [2.45, 2.75) is 0 Å². The van der Waals surface area contributed by atoms with E-state index in [0.717, 1.165) is 0 Å². The molecule has 0 aliphatic heterocycles. The van der Waals surface area contributed by atoms with Gasteiger partial charge in [-0.05, 0) is 0 Å². The van der Waals surface area contributed by atoms with Crippen LogP contribution in [0.4, 0.5) is 0 Å². The number of halogens is 1. The summed E-state index contributed by atoms with van der Waals surface area (Å²) in [7, 11) is -4.64. The molecule has 9 heteroatoms. The standard InChI is InChI=1S/2Ca.ClH.K.H3O4P.5H/c;;;;1-5(2,3)4;;;;;/h;;1H;;(H3,1,2,3,4);;;;;. The first kappa shape index (κ1) is 29.2. The van der Waals surface area contributed by atoms with Crippen molar-refractivity contribution in [1.82, 2.24) is 0 Å². The molecule has 0 radical (unpaired) electrons. The molecule has 0 spiro atoms. The maximum absolute atomic E-state index is 8.88.